The van der Waals surface area contributed by atoms with Crippen molar-refractivity contribution in [2.24, 2.45) is 0 Å². The van der Waals surface area contributed by atoms with Gasteiger partial charge < -0.3 is 0 Å². The summed E-state index contributed by atoms with van der Waals surface area (Å²) in [6.07, 6.45) is 1.14. The van der Waals surface area contributed by atoms with E-state index in [0.717, 1.165) is 20.4 Å². The lowest BCUT2D eigenvalue weighted by Gasteiger charge is -2.03. The molecule has 90 valence electrons. The molecule has 0 saturated heterocycles. The predicted octanol–water partition coefficient (Wildman–Crippen LogP) is 4.55. The molecule has 0 N–H and O–H groups in total. The maximum atomic E-state index is 5.35. The van der Waals surface area contributed by atoms with E-state index in [-0.39, 0.29) is 0 Å². The Kier molecular flexibility index (Phi) is 4.36. The Morgan fingerprint density at radius 2 is 2.12 bits per heavy atom. The monoisotopic (exact) mass is 282 g/mol. The van der Waals surface area contributed by atoms with E-state index in [1.54, 1.807) is 23.1 Å². The molecule has 0 saturated carbocycles. The van der Waals surface area contributed by atoms with Gasteiger partial charge in [-0.15, -0.1) is 5.10 Å². The lowest BCUT2D eigenvalue weighted by atomic mass is 10.3. The molecular formula is C12H14N2S3. The summed E-state index contributed by atoms with van der Waals surface area (Å²) < 4.78 is 3.69. The van der Waals surface area contributed by atoms with Gasteiger partial charge in [0.05, 0.1) is 5.69 Å². The third kappa shape index (κ3) is 3.18. The Morgan fingerprint density at radius 1 is 1.41 bits per heavy atom. The molecular weight excluding hydrogens is 268 g/mol. The number of hydrogen-bond acceptors (Lipinski definition) is 4. The SMILES string of the molecule is CCC(C)Sc1nn(-c2ccccc2)c(=S)s1. The van der Waals surface area contributed by atoms with E-state index < -0.39 is 0 Å². The minimum atomic E-state index is 0.583. The molecule has 1 unspecified atom stereocenters. The Balaban J connectivity index is 2.29. The molecule has 0 radical (unpaired) electrons. The zero-order chi connectivity index (χ0) is 12.3. The Labute approximate surface area is 115 Å². The lowest BCUT2D eigenvalue weighted by molar-refractivity contribution is 0.824. The van der Waals surface area contributed by atoms with Crippen LogP contribution in [0.5, 0.6) is 0 Å². The van der Waals surface area contributed by atoms with Gasteiger partial charge in [-0.3, -0.25) is 0 Å². The highest BCUT2D eigenvalue weighted by atomic mass is 32.2. The molecule has 1 atom stereocenters. The van der Waals surface area contributed by atoms with Crippen molar-refractivity contribution in [2.75, 3.05) is 0 Å². The number of nitrogens with zero attached hydrogens (tertiary/aromatic N) is 2. The largest absolute Gasteiger partial charge is 0.211 e. The summed E-state index contributed by atoms with van der Waals surface area (Å²) in [4.78, 5) is 0. The molecule has 0 bridgehead atoms. The molecule has 0 amide bonds. The molecule has 2 rings (SSSR count). The summed E-state index contributed by atoms with van der Waals surface area (Å²) in [6, 6.07) is 10.0. The molecule has 0 aliphatic carbocycles. The number of thioether (sulfide) groups is 1. The van der Waals surface area contributed by atoms with Crippen molar-refractivity contribution < 1.29 is 0 Å². The first-order chi connectivity index (χ1) is 8.20. The summed E-state index contributed by atoms with van der Waals surface area (Å²) >= 11 is 8.73. The second-order valence-electron chi connectivity index (χ2n) is 3.72. The second kappa shape index (κ2) is 5.80. The van der Waals surface area contributed by atoms with Crippen LogP contribution < -0.4 is 0 Å². The third-order valence-electron chi connectivity index (χ3n) is 2.41. The van der Waals surface area contributed by atoms with Crippen molar-refractivity contribution in [3.05, 3.63) is 34.3 Å². The van der Waals surface area contributed by atoms with E-state index in [2.05, 4.69) is 18.9 Å². The van der Waals surface area contributed by atoms with Gasteiger partial charge in [0.15, 0.2) is 8.29 Å². The summed E-state index contributed by atoms with van der Waals surface area (Å²) in [6.45, 7) is 4.40. The maximum Gasteiger partial charge on any atom is 0.184 e. The predicted molar refractivity (Wildman–Crippen MR) is 77.9 cm³/mol. The van der Waals surface area contributed by atoms with E-state index in [1.807, 2.05) is 35.0 Å². The van der Waals surface area contributed by atoms with Gasteiger partial charge in [0.25, 0.3) is 0 Å². The van der Waals surface area contributed by atoms with Crippen LogP contribution in [-0.2, 0) is 0 Å². The van der Waals surface area contributed by atoms with Gasteiger partial charge >= 0.3 is 0 Å². The van der Waals surface area contributed by atoms with Crippen LogP contribution in [0.15, 0.2) is 34.7 Å². The first-order valence-electron chi connectivity index (χ1n) is 5.53. The number of aromatic nitrogens is 2. The minimum Gasteiger partial charge on any atom is -0.211 e. The molecule has 0 fully saturated rings. The highest BCUT2D eigenvalue weighted by Gasteiger charge is 2.09. The average Bonchev–Trinajstić information content (AvgIpc) is 2.71. The molecule has 0 aliphatic heterocycles. The fraction of sp³-hybridized carbons (Fsp3) is 0.333. The molecule has 17 heavy (non-hydrogen) atoms. The minimum absolute atomic E-state index is 0.583. The van der Waals surface area contributed by atoms with Crippen LogP contribution >= 0.6 is 35.3 Å². The van der Waals surface area contributed by atoms with E-state index in [4.69, 9.17) is 12.2 Å². The van der Waals surface area contributed by atoms with E-state index in [1.165, 1.54) is 0 Å². The van der Waals surface area contributed by atoms with Crippen molar-refractivity contribution in [3.8, 4) is 5.69 Å². The average molecular weight is 282 g/mol. The van der Waals surface area contributed by atoms with Crippen LogP contribution in [0.25, 0.3) is 5.69 Å². The zero-order valence-corrected chi connectivity index (χ0v) is 12.2. The van der Waals surface area contributed by atoms with Gasteiger partial charge in [-0.2, -0.15) is 0 Å². The molecule has 0 spiro atoms. The normalized spacial score (nSPS) is 12.6. The molecule has 2 aromatic rings. The summed E-state index contributed by atoms with van der Waals surface area (Å²) in [5.41, 5.74) is 1.03. The molecule has 1 aromatic heterocycles. The Bertz CT molecular complexity index is 530. The molecule has 1 heterocycles. The molecule has 5 heteroatoms. The quantitative estimate of drug-likeness (QED) is 0.605. The van der Waals surface area contributed by atoms with Crippen LogP contribution in [0, 0.1) is 3.95 Å². The number of benzene rings is 1. The second-order valence-corrected chi connectivity index (χ2v) is 7.03. The first kappa shape index (κ1) is 12.8. The lowest BCUT2D eigenvalue weighted by Crippen LogP contribution is -1.97. The van der Waals surface area contributed by atoms with Gasteiger partial charge in [0.2, 0.25) is 0 Å². The van der Waals surface area contributed by atoms with Crippen molar-refractivity contribution in [2.45, 2.75) is 29.9 Å². The molecule has 1 aromatic carbocycles. The Morgan fingerprint density at radius 3 is 2.76 bits per heavy atom. The van der Waals surface area contributed by atoms with Crippen LogP contribution in [-0.4, -0.2) is 15.0 Å². The molecule has 0 aliphatic rings. The van der Waals surface area contributed by atoms with Crippen LogP contribution in [0.3, 0.4) is 0 Å². The fourth-order valence-corrected chi connectivity index (χ4v) is 3.90. The van der Waals surface area contributed by atoms with Gasteiger partial charge in [0.1, 0.15) is 0 Å². The number of rotatable bonds is 4. The van der Waals surface area contributed by atoms with Crippen molar-refractivity contribution >= 4 is 35.3 Å². The van der Waals surface area contributed by atoms with Crippen LogP contribution in [0.2, 0.25) is 0 Å². The smallest absolute Gasteiger partial charge is 0.184 e. The van der Waals surface area contributed by atoms with Gasteiger partial charge in [0, 0.05) is 5.25 Å². The summed E-state index contributed by atoms with van der Waals surface area (Å²) in [7, 11) is 0. The van der Waals surface area contributed by atoms with E-state index in [0.29, 0.717) is 5.25 Å². The van der Waals surface area contributed by atoms with Crippen molar-refractivity contribution in [3.63, 3.8) is 0 Å². The van der Waals surface area contributed by atoms with Crippen molar-refractivity contribution in [1.82, 2.24) is 9.78 Å². The maximum absolute atomic E-state index is 5.35. The number of hydrogen-bond donors (Lipinski definition) is 0. The van der Waals surface area contributed by atoms with Gasteiger partial charge in [-0.05, 0) is 30.8 Å². The topological polar surface area (TPSA) is 17.8 Å². The van der Waals surface area contributed by atoms with E-state index >= 15 is 0 Å². The van der Waals surface area contributed by atoms with Crippen LogP contribution in [0.1, 0.15) is 20.3 Å². The highest BCUT2D eigenvalue weighted by molar-refractivity contribution is 8.01. The Hall–Kier alpha value is -0.650. The standard InChI is InChI=1S/C12H14N2S3/c1-3-9(2)16-11-13-14(12(15)17-11)10-7-5-4-6-8-10/h4-9H,3H2,1-2H3. The zero-order valence-electron chi connectivity index (χ0n) is 9.79. The van der Waals surface area contributed by atoms with Crippen LogP contribution in [0.4, 0.5) is 0 Å². The molecule has 2 nitrogen and oxygen atoms in total. The third-order valence-corrected chi connectivity index (χ3v) is 4.99. The highest BCUT2D eigenvalue weighted by Crippen LogP contribution is 2.28. The van der Waals surface area contributed by atoms with Gasteiger partial charge in [-0.1, -0.05) is 55.1 Å². The van der Waals surface area contributed by atoms with Crippen molar-refractivity contribution in [1.29, 1.82) is 0 Å². The van der Waals surface area contributed by atoms with Gasteiger partial charge in [-0.25, -0.2) is 4.68 Å². The summed E-state index contributed by atoms with van der Waals surface area (Å²) in [5, 5.41) is 5.15. The number of para-hydroxylation sites is 1. The first-order valence-corrected chi connectivity index (χ1v) is 7.63. The fourth-order valence-electron chi connectivity index (χ4n) is 1.30. The van der Waals surface area contributed by atoms with E-state index in [9.17, 15) is 0 Å². The summed E-state index contributed by atoms with van der Waals surface area (Å²) in [5.74, 6) is 0.